The summed E-state index contributed by atoms with van der Waals surface area (Å²) in [6.45, 7) is 6.41. The molecule has 0 amide bonds. The maximum absolute atomic E-state index is 5.74. The van der Waals surface area contributed by atoms with Crippen molar-refractivity contribution in [3.63, 3.8) is 0 Å². The smallest absolute Gasteiger partial charge is 0.0720 e. The standard InChI is InChI=1S/C15H25NO2/c1-15(2,17-4)9-10-18-12-14-8-6-5-7-13(14)11-16-3/h5-8,16H,9-12H2,1-4H3. The van der Waals surface area contributed by atoms with Crippen molar-refractivity contribution in [3.05, 3.63) is 35.4 Å². The largest absolute Gasteiger partial charge is 0.379 e. The summed E-state index contributed by atoms with van der Waals surface area (Å²) in [5.74, 6) is 0. The van der Waals surface area contributed by atoms with Gasteiger partial charge < -0.3 is 14.8 Å². The van der Waals surface area contributed by atoms with Crippen LogP contribution in [0.1, 0.15) is 31.4 Å². The summed E-state index contributed by atoms with van der Waals surface area (Å²) in [6, 6.07) is 8.36. The molecule has 0 bridgehead atoms. The molecule has 1 rings (SSSR count). The quantitative estimate of drug-likeness (QED) is 0.721. The van der Waals surface area contributed by atoms with Gasteiger partial charge in [0.2, 0.25) is 0 Å². The third kappa shape index (κ3) is 5.17. The van der Waals surface area contributed by atoms with E-state index in [1.807, 2.05) is 7.05 Å². The molecule has 102 valence electrons. The van der Waals surface area contributed by atoms with Gasteiger partial charge in [0.15, 0.2) is 0 Å². The first kappa shape index (κ1) is 15.2. The Morgan fingerprint density at radius 1 is 1.17 bits per heavy atom. The molecule has 0 saturated carbocycles. The van der Waals surface area contributed by atoms with Crippen molar-refractivity contribution in [2.24, 2.45) is 0 Å². The van der Waals surface area contributed by atoms with Gasteiger partial charge in [-0.2, -0.15) is 0 Å². The molecule has 0 aliphatic rings. The molecule has 0 heterocycles. The van der Waals surface area contributed by atoms with E-state index in [0.717, 1.165) is 13.0 Å². The minimum absolute atomic E-state index is 0.107. The van der Waals surface area contributed by atoms with E-state index in [0.29, 0.717) is 13.2 Å². The van der Waals surface area contributed by atoms with Crippen LogP contribution in [0.25, 0.3) is 0 Å². The van der Waals surface area contributed by atoms with E-state index in [4.69, 9.17) is 9.47 Å². The third-order valence-corrected chi connectivity index (χ3v) is 3.14. The van der Waals surface area contributed by atoms with Crippen molar-refractivity contribution < 1.29 is 9.47 Å². The van der Waals surface area contributed by atoms with Gasteiger partial charge in [-0.15, -0.1) is 0 Å². The van der Waals surface area contributed by atoms with Crippen LogP contribution in [0.4, 0.5) is 0 Å². The average Bonchev–Trinajstić information content (AvgIpc) is 2.37. The van der Waals surface area contributed by atoms with Crippen molar-refractivity contribution in [2.75, 3.05) is 20.8 Å². The molecule has 0 saturated heterocycles. The molecule has 0 fully saturated rings. The van der Waals surface area contributed by atoms with Gasteiger partial charge in [-0.3, -0.25) is 0 Å². The Balaban J connectivity index is 2.39. The summed E-state index contributed by atoms with van der Waals surface area (Å²) in [7, 11) is 3.70. The number of ether oxygens (including phenoxy) is 2. The lowest BCUT2D eigenvalue weighted by atomic mass is 10.1. The Labute approximate surface area is 110 Å². The number of methoxy groups -OCH3 is 1. The van der Waals surface area contributed by atoms with Gasteiger partial charge in [-0.1, -0.05) is 24.3 Å². The van der Waals surface area contributed by atoms with Crippen LogP contribution >= 0.6 is 0 Å². The van der Waals surface area contributed by atoms with E-state index < -0.39 is 0 Å². The first-order valence-electron chi connectivity index (χ1n) is 6.43. The van der Waals surface area contributed by atoms with E-state index >= 15 is 0 Å². The zero-order valence-corrected chi connectivity index (χ0v) is 12.0. The van der Waals surface area contributed by atoms with E-state index in [9.17, 15) is 0 Å². The topological polar surface area (TPSA) is 30.5 Å². The lowest BCUT2D eigenvalue weighted by Crippen LogP contribution is -2.24. The zero-order valence-electron chi connectivity index (χ0n) is 12.0. The molecule has 0 spiro atoms. The normalized spacial score (nSPS) is 11.8. The van der Waals surface area contributed by atoms with Crippen LogP contribution in [-0.4, -0.2) is 26.4 Å². The second-order valence-corrected chi connectivity index (χ2v) is 5.07. The summed E-state index contributed by atoms with van der Waals surface area (Å²) in [5, 5.41) is 3.17. The SMILES string of the molecule is CNCc1ccccc1COCCC(C)(C)OC. The summed E-state index contributed by atoms with van der Waals surface area (Å²) >= 11 is 0. The maximum atomic E-state index is 5.74. The fraction of sp³-hybridized carbons (Fsp3) is 0.600. The van der Waals surface area contributed by atoms with Gasteiger partial charge in [-0.05, 0) is 38.4 Å². The van der Waals surface area contributed by atoms with Crippen molar-refractivity contribution >= 4 is 0 Å². The highest BCUT2D eigenvalue weighted by molar-refractivity contribution is 5.26. The van der Waals surface area contributed by atoms with Crippen LogP contribution in [0.5, 0.6) is 0 Å². The van der Waals surface area contributed by atoms with Crippen molar-refractivity contribution in [1.29, 1.82) is 0 Å². The predicted molar refractivity (Wildman–Crippen MR) is 74.6 cm³/mol. The molecule has 0 aliphatic heterocycles. The molecule has 3 nitrogen and oxygen atoms in total. The first-order valence-corrected chi connectivity index (χ1v) is 6.43. The molecule has 0 atom stereocenters. The minimum Gasteiger partial charge on any atom is -0.379 e. The van der Waals surface area contributed by atoms with Gasteiger partial charge in [0.05, 0.1) is 12.2 Å². The van der Waals surface area contributed by atoms with E-state index in [2.05, 4.69) is 43.4 Å². The molecule has 1 aromatic rings. The number of rotatable bonds is 8. The highest BCUT2D eigenvalue weighted by atomic mass is 16.5. The highest BCUT2D eigenvalue weighted by Crippen LogP contribution is 2.14. The molecule has 3 heteroatoms. The number of nitrogens with one attached hydrogen (secondary N) is 1. The van der Waals surface area contributed by atoms with Crippen molar-refractivity contribution in [3.8, 4) is 0 Å². The van der Waals surface area contributed by atoms with Crippen LogP contribution in [0.3, 0.4) is 0 Å². The lowest BCUT2D eigenvalue weighted by Gasteiger charge is -2.22. The van der Waals surface area contributed by atoms with Gasteiger partial charge in [0, 0.05) is 20.3 Å². The van der Waals surface area contributed by atoms with Crippen LogP contribution in [-0.2, 0) is 22.6 Å². The molecular formula is C15H25NO2. The molecule has 0 aromatic heterocycles. The maximum Gasteiger partial charge on any atom is 0.0720 e. The van der Waals surface area contributed by atoms with Gasteiger partial charge in [0.1, 0.15) is 0 Å². The fourth-order valence-electron chi connectivity index (χ4n) is 1.66. The number of hydrogen-bond acceptors (Lipinski definition) is 3. The van der Waals surface area contributed by atoms with Crippen LogP contribution in [0.15, 0.2) is 24.3 Å². The highest BCUT2D eigenvalue weighted by Gasteiger charge is 2.15. The van der Waals surface area contributed by atoms with Crippen LogP contribution in [0.2, 0.25) is 0 Å². The van der Waals surface area contributed by atoms with Gasteiger partial charge in [-0.25, -0.2) is 0 Å². The Morgan fingerprint density at radius 3 is 2.44 bits per heavy atom. The molecule has 0 unspecified atom stereocenters. The number of benzene rings is 1. The van der Waals surface area contributed by atoms with Crippen LogP contribution < -0.4 is 5.32 Å². The van der Waals surface area contributed by atoms with Crippen molar-refractivity contribution in [2.45, 2.75) is 39.0 Å². The van der Waals surface area contributed by atoms with E-state index in [1.165, 1.54) is 11.1 Å². The average molecular weight is 251 g/mol. The second kappa shape index (κ2) is 7.52. The molecule has 1 N–H and O–H groups in total. The van der Waals surface area contributed by atoms with Crippen LogP contribution in [0, 0.1) is 0 Å². The molecule has 1 aromatic carbocycles. The summed E-state index contributed by atoms with van der Waals surface area (Å²) in [6.07, 6.45) is 0.900. The molecule has 0 aliphatic carbocycles. The first-order chi connectivity index (χ1) is 8.59. The number of hydrogen-bond donors (Lipinski definition) is 1. The summed E-state index contributed by atoms with van der Waals surface area (Å²) in [5.41, 5.74) is 2.44. The van der Waals surface area contributed by atoms with Gasteiger partial charge >= 0.3 is 0 Å². The monoisotopic (exact) mass is 251 g/mol. The Kier molecular flexibility index (Phi) is 6.33. The van der Waals surface area contributed by atoms with Gasteiger partial charge in [0.25, 0.3) is 0 Å². The lowest BCUT2D eigenvalue weighted by molar-refractivity contribution is -0.0125. The molecular weight excluding hydrogens is 226 g/mol. The fourth-order valence-corrected chi connectivity index (χ4v) is 1.66. The van der Waals surface area contributed by atoms with E-state index in [1.54, 1.807) is 7.11 Å². The van der Waals surface area contributed by atoms with E-state index in [-0.39, 0.29) is 5.60 Å². The Morgan fingerprint density at radius 2 is 1.83 bits per heavy atom. The second-order valence-electron chi connectivity index (χ2n) is 5.07. The molecule has 18 heavy (non-hydrogen) atoms. The third-order valence-electron chi connectivity index (χ3n) is 3.14. The summed E-state index contributed by atoms with van der Waals surface area (Å²) < 4.78 is 11.1. The zero-order chi connectivity index (χ0) is 13.4. The Hall–Kier alpha value is -0.900. The summed E-state index contributed by atoms with van der Waals surface area (Å²) in [4.78, 5) is 0. The Bertz CT molecular complexity index is 350. The minimum atomic E-state index is -0.107. The predicted octanol–water partition coefficient (Wildman–Crippen LogP) is 2.74. The molecule has 0 radical (unpaired) electrons. The van der Waals surface area contributed by atoms with Crippen molar-refractivity contribution in [1.82, 2.24) is 5.32 Å².